The van der Waals surface area contributed by atoms with Gasteiger partial charge in [0, 0.05) is 19.7 Å². The molecule has 2 aromatic rings. The van der Waals surface area contributed by atoms with Gasteiger partial charge >= 0.3 is 0 Å². The molecule has 5 heteroatoms. The SMILES string of the molecule is Cc1ccc(CCC(=O)Nc2nn(C)cc2C#N)cc1. The number of benzene rings is 1. The molecule has 0 saturated heterocycles. The summed E-state index contributed by atoms with van der Waals surface area (Å²) in [6.45, 7) is 2.03. The molecule has 0 atom stereocenters. The molecule has 0 unspecified atom stereocenters. The Morgan fingerprint density at radius 3 is 2.75 bits per heavy atom. The highest BCUT2D eigenvalue weighted by atomic mass is 16.1. The normalized spacial score (nSPS) is 10.1. The number of hydrogen-bond acceptors (Lipinski definition) is 3. The van der Waals surface area contributed by atoms with Crippen LogP contribution >= 0.6 is 0 Å². The Kier molecular flexibility index (Phi) is 4.16. The van der Waals surface area contributed by atoms with Crippen LogP contribution in [0.3, 0.4) is 0 Å². The quantitative estimate of drug-likeness (QED) is 0.923. The first-order chi connectivity index (χ1) is 9.58. The van der Waals surface area contributed by atoms with E-state index >= 15 is 0 Å². The molecule has 20 heavy (non-hydrogen) atoms. The first-order valence-electron chi connectivity index (χ1n) is 6.37. The van der Waals surface area contributed by atoms with E-state index in [-0.39, 0.29) is 5.91 Å². The van der Waals surface area contributed by atoms with Crippen molar-refractivity contribution in [1.29, 1.82) is 5.26 Å². The van der Waals surface area contributed by atoms with E-state index < -0.39 is 0 Å². The number of rotatable bonds is 4. The molecular weight excluding hydrogens is 252 g/mol. The number of nitrogens with zero attached hydrogens (tertiary/aromatic N) is 3. The third kappa shape index (κ3) is 3.45. The Morgan fingerprint density at radius 2 is 2.10 bits per heavy atom. The third-order valence-electron chi connectivity index (χ3n) is 2.97. The van der Waals surface area contributed by atoms with Gasteiger partial charge in [0.15, 0.2) is 5.82 Å². The molecule has 1 heterocycles. The summed E-state index contributed by atoms with van der Waals surface area (Å²) in [7, 11) is 1.71. The number of nitriles is 1. The molecule has 2 rings (SSSR count). The lowest BCUT2D eigenvalue weighted by Crippen LogP contribution is -2.13. The number of carbonyl (C=O) groups excluding carboxylic acids is 1. The number of aryl methyl sites for hydroxylation is 3. The van der Waals surface area contributed by atoms with Crippen molar-refractivity contribution < 1.29 is 4.79 Å². The minimum absolute atomic E-state index is 0.138. The summed E-state index contributed by atoms with van der Waals surface area (Å²) in [5.74, 6) is 0.185. The highest BCUT2D eigenvalue weighted by Gasteiger charge is 2.10. The molecule has 0 bridgehead atoms. The maximum absolute atomic E-state index is 11.9. The molecule has 1 N–H and O–H groups in total. The molecule has 0 aliphatic carbocycles. The van der Waals surface area contributed by atoms with Gasteiger partial charge in [-0.05, 0) is 18.9 Å². The van der Waals surface area contributed by atoms with Crippen LogP contribution in [0.15, 0.2) is 30.5 Å². The summed E-state index contributed by atoms with van der Waals surface area (Å²) in [5, 5.41) is 15.6. The minimum atomic E-state index is -0.138. The second-order valence-electron chi connectivity index (χ2n) is 4.71. The fourth-order valence-corrected chi connectivity index (χ4v) is 1.87. The lowest BCUT2D eigenvalue weighted by atomic mass is 10.1. The van der Waals surface area contributed by atoms with Crippen molar-refractivity contribution in [1.82, 2.24) is 9.78 Å². The summed E-state index contributed by atoms with van der Waals surface area (Å²) in [5.41, 5.74) is 2.69. The number of amides is 1. The predicted octanol–water partition coefficient (Wildman–Crippen LogP) is 2.17. The summed E-state index contributed by atoms with van der Waals surface area (Å²) < 4.78 is 1.51. The summed E-state index contributed by atoms with van der Waals surface area (Å²) >= 11 is 0. The molecule has 0 aliphatic heterocycles. The molecule has 0 aliphatic rings. The van der Waals surface area contributed by atoms with E-state index in [1.807, 2.05) is 37.3 Å². The molecule has 1 aromatic carbocycles. The van der Waals surface area contributed by atoms with Crippen LogP contribution in [0.25, 0.3) is 0 Å². The van der Waals surface area contributed by atoms with Crippen LogP contribution in [0, 0.1) is 18.3 Å². The standard InChI is InChI=1S/C15H16N4O/c1-11-3-5-12(6-4-11)7-8-14(20)17-15-13(9-16)10-19(2)18-15/h3-6,10H,7-8H2,1-2H3,(H,17,18,20). The zero-order chi connectivity index (χ0) is 14.5. The van der Waals surface area contributed by atoms with Crippen LogP contribution in [-0.2, 0) is 18.3 Å². The highest BCUT2D eigenvalue weighted by molar-refractivity contribution is 5.91. The van der Waals surface area contributed by atoms with Gasteiger partial charge in [-0.3, -0.25) is 9.48 Å². The van der Waals surface area contributed by atoms with Gasteiger partial charge in [-0.25, -0.2) is 0 Å². The Bertz CT molecular complexity index is 650. The average Bonchev–Trinajstić information content (AvgIpc) is 2.78. The van der Waals surface area contributed by atoms with Crippen LogP contribution in [-0.4, -0.2) is 15.7 Å². The fraction of sp³-hybridized carbons (Fsp3) is 0.267. The molecule has 0 spiro atoms. The van der Waals surface area contributed by atoms with E-state index in [0.717, 1.165) is 5.56 Å². The van der Waals surface area contributed by atoms with Crippen LogP contribution in [0.1, 0.15) is 23.1 Å². The predicted molar refractivity (Wildman–Crippen MR) is 76.1 cm³/mol. The Balaban J connectivity index is 1.92. The first kappa shape index (κ1) is 13.8. The first-order valence-corrected chi connectivity index (χ1v) is 6.37. The Labute approximate surface area is 117 Å². The maximum Gasteiger partial charge on any atom is 0.225 e. The number of carbonyl (C=O) groups is 1. The van der Waals surface area contributed by atoms with Crippen molar-refractivity contribution in [3.63, 3.8) is 0 Å². The van der Waals surface area contributed by atoms with Crippen molar-refractivity contribution in [2.75, 3.05) is 5.32 Å². The smallest absolute Gasteiger partial charge is 0.225 e. The van der Waals surface area contributed by atoms with Crippen molar-refractivity contribution in [3.05, 3.63) is 47.2 Å². The lowest BCUT2D eigenvalue weighted by molar-refractivity contribution is -0.116. The molecule has 0 radical (unpaired) electrons. The van der Waals surface area contributed by atoms with Crippen LogP contribution in [0.2, 0.25) is 0 Å². The number of anilines is 1. The molecule has 0 fully saturated rings. The van der Waals surface area contributed by atoms with Gasteiger partial charge in [0.1, 0.15) is 11.6 Å². The van der Waals surface area contributed by atoms with Crippen LogP contribution < -0.4 is 5.32 Å². The average molecular weight is 268 g/mol. The molecule has 1 aromatic heterocycles. The molecule has 5 nitrogen and oxygen atoms in total. The number of nitrogens with one attached hydrogen (secondary N) is 1. The highest BCUT2D eigenvalue weighted by Crippen LogP contribution is 2.12. The van der Waals surface area contributed by atoms with Gasteiger partial charge in [0.05, 0.1) is 0 Å². The van der Waals surface area contributed by atoms with Gasteiger partial charge in [-0.2, -0.15) is 10.4 Å². The summed E-state index contributed by atoms with van der Waals surface area (Å²) in [6, 6.07) is 10.1. The van der Waals surface area contributed by atoms with Crippen molar-refractivity contribution in [2.45, 2.75) is 19.8 Å². The van der Waals surface area contributed by atoms with E-state index in [4.69, 9.17) is 5.26 Å². The molecule has 1 amide bonds. The minimum Gasteiger partial charge on any atom is -0.308 e. The van der Waals surface area contributed by atoms with E-state index in [2.05, 4.69) is 10.4 Å². The zero-order valence-corrected chi connectivity index (χ0v) is 11.6. The zero-order valence-electron chi connectivity index (χ0n) is 11.6. The second kappa shape index (κ2) is 6.02. The monoisotopic (exact) mass is 268 g/mol. The Hall–Kier alpha value is -2.61. The molecular formula is C15H16N4O. The largest absolute Gasteiger partial charge is 0.308 e. The summed E-state index contributed by atoms with van der Waals surface area (Å²) in [6.07, 6.45) is 2.61. The van der Waals surface area contributed by atoms with Crippen molar-refractivity contribution >= 4 is 11.7 Å². The topological polar surface area (TPSA) is 70.7 Å². The van der Waals surface area contributed by atoms with Gasteiger partial charge in [-0.1, -0.05) is 29.8 Å². The van der Waals surface area contributed by atoms with Gasteiger partial charge in [0.25, 0.3) is 0 Å². The van der Waals surface area contributed by atoms with E-state index in [1.54, 1.807) is 13.2 Å². The fourth-order valence-electron chi connectivity index (χ4n) is 1.87. The summed E-state index contributed by atoms with van der Waals surface area (Å²) in [4.78, 5) is 11.9. The Morgan fingerprint density at radius 1 is 1.40 bits per heavy atom. The third-order valence-corrected chi connectivity index (χ3v) is 2.97. The van der Waals surface area contributed by atoms with Crippen molar-refractivity contribution in [3.8, 4) is 6.07 Å². The molecule has 102 valence electrons. The van der Waals surface area contributed by atoms with Crippen LogP contribution in [0.5, 0.6) is 0 Å². The number of aromatic nitrogens is 2. The van der Waals surface area contributed by atoms with E-state index in [1.165, 1.54) is 10.2 Å². The maximum atomic E-state index is 11.9. The van der Waals surface area contributed by atoms with Crippen molar-refractivity contribution in [2.24, 2.45) is 7.05 Å². The van der Waals surface area contributed by atoms with Gasteiger partial charge in [-0.15, -0.1) is 0 Å². The lowest BCUT2D eigenvalue weighted by Gasteiger charge is -2.03. The van der Waals surface area contributed by atoms with Gasteiger partial charge < -0.3 is 5.32 Å². The second-order valence-corrected chi connectivity index (χ2v) is 4.71. The van der Waals surface area contributed by atoms with E-state index in [9.17, 15) is 4.79 Å². The molecule has 0 saturated carbocycles. The van der Waals surface area contributed by atoms with Gasteiger partial charge in [0.2, 0.25) is 5.91 Å². The van der Waals surface area contributed by atoms with Crippen LogP contribution in [0.4, 0.5) is 5.82 Å². The van der Waals surface area contributed by atoms with E-state index in [0.29, 0.717) is 24.2 Å². The number of hydrogen-bond donors (Lipinski definition) is 1.